The lowest BCUT2D eigenvalue weighted by Gasteiger charge is -2.05. The number of nitriles is 2. The molecule has 0 bridgehead atoms. The predicted octanol–water partition coefficient (Wildman–Crippen LogP) is 0.408. The molecule has 0 unspecified atom stereocenters. The molecule has 7 heteroatoms. The van der Waals surface area contributed by atoms with Crippen LogP contribution in [-0.4, -0.2) is 9.55 Å². The average molecular weight is 256 g/mol. The monoisotopic (exact) mass is 256 g/mol. The first kappa shape index (κ1) is 12.3. The molecule has 0 amide bonds. The number of H-pyrrole nitrogens is 1. The first-order chi connectivity index (χ1) is 9.06. The lowest BCUT2D eigenvalue weighted by molar-refractivity contribution is 0.623. The van der Waals surface area contributed by atoms with Crippen LogP contribution in [0.2, 0.25) is 0 Å². The molecular formula is C12H5FN4O2. The van der Waals surface area contributed by atoms with Crippen LogP contribution in [0.1, 0.15) is 11.1 Å². The topological polar surface area (TPSA) is 102 Å². The molecule has 6 nitrogen and oxygen atoms in total. The molecule has 0 aliphatic carbocycles. The molecule has 1 N–H and O–H groups in total. The lowest BCUT2D eigenvalue weighted by atomic mass is 10.2. The van der Waals surface area contributed by atoms with Crippen molar-refractivity contribution in [3.63, 3.8) is 0 Å². The fourth-order valence-corrected chi connectivity index (χ4v) is 1.49. The largest absolute Gasteiger partial charge is 0.332 e. The molecule has 0 fully saturated rings. The number of benzene rings is 1. The number of halogens is 1. The van der Waals surface area contributed by atoms with Crippen molar-refractivity contribution in [2.24, 2.45) is 0 Å². The van der Waals surface area contributed by atoms with E-state index in [1.807, 2.05) is 4.98 Å². The third-order valence-corrected chi connectivity index (χ3v) is 2.41. The standard InChI is InChI=1S/C12H5FN4O2/c13-10-2-1-9(3-7(10)4-14)17-6-8(5-15)11(18)16-12(17)19/h1-3,6H,(H,16,18,19). The Hall–Kier alpha value is -3.19. The van der Waals surface area contributed by atoms with E-state index in [4.69, 9.17) is 10.5 Å². The van der Waals surface area contributed by atoms with Crippen molar-refractivity contribution in [3.05, 3.63) is 62.2 Å². The van der Waals surface area contributed by atoms with Crippen molar-refractivity contribution in [3.8, 4) is 17.8 Å². The van der Waals surface area contributed by atoms with Crippen LogP contribution in [0.4, 0.5) is 4.39 Å². The molecule has 0 aliphatic heterocycles. The highest BCUT2D eigenvalue weighted by Crippen LogP contribution is 2.12. The van der Waals surface area contributed by atoms with Crippen LogP contribution < -0.4 is 11.2 Å². The zero-order valence-electron chi connectivity index (χ0n) is 9.35. The SMILES string of the molecule is N#Cc1cc(-n2cc(C#N)c(=O)[nH]c2=O)ccc1F. The van der Waals surface area contributed by atoms with Gasteiger partial charge in [-0.25, -0.2) is 9.18 Å². The summed E-state index contributed by atoms with van der Waals surface area (Å²) in [4.78, 5) is 24.8. The van der Waals surface area contributed by atoms with Gasteiger partial charge in [0, 0.05) is 6.20 Å². The Kier molecular flexibility index (Phi) is 2.96. The quantitative estimate of drug-likeness (QED) is 0.797. The van der Waals surface area contributed by atoms with E-state index in [0.717, 1.165) is 22.9 Å². The Morgan fingerprint density at radius 3 is 2.47 bits per heavy atom. The summed E-state index contributed by atoms with van der Waals surface area (Å²) in [6, 6.07) is 6.70. The van der Waals surface area contributed by atoms with E-state index in [9.17, 15) is 14.0 Å². The first-order valence-corrected chi connectivity index (χ1v) is 5.03. The number of rotatable bonds is 1. The Bertz CT molecular complexity index is 852. The average Bonchev–Trinajstić information content (AvgIpc) is 2.40. The van der Waals surface area contributed by atoms with Crippen molar-refractivity contribution in [1.29, 1.82) is 10.5 Å². The minimum atomic E-state index is -0.800. The number of aromatic amines is 1. The molecule has 1 aromatic heterocycles. The van der Waals surface area contributed by atoms with E-state index in [0.29, 0.717) is 0 Å². The van der Waals surface area contributed by atoms with Gasteiger partial charge in [-0.1, -0.05) is 0 Å². The third kappa shape index (κ3) is 2.13. The number of hydrogen-bond donors (Lipinski definition) is 1. The Balaban J connectivity index is 2.74. The molecular weight excluding hydrogens is 251 g/mol. The second kappa shape index (κ2) is 4.59. The van der Waals surface area contributed by atoms with Gasteiger partial charge in [-0.15, -0.1) is 0 Å². The predicted molar refractivity (Wildman–Crippen MR) is 62.0 cm³/mol. The van der Waals surface area contributed by atoms with Crippen molar-refractivity contribution in [2.75, 3.05) is 0 Å². The molecule has 0 aliphatic rings. The van der Waals surface area contributed by atoms with Crippen LogP contribution in [0.5, 0.6) is 0 Å². The molecule has 2 rings (SSSR count). The zero-order valence-corrected chi connectivity index (χ0v) is 9.35. The van der Waals surface area contributed by atoms with Gasteiger partial charge >= 0.3 is 5.69 Å². The molecule has 1 heterocycles. The summed E-state index contributed by atoms with van der Waals surface area (Å²) in [6.07, 6.45) is 1.04. The zero-order chi connectivity index (χ0) is 14.0. The van der Waals surface area contributed by atoms with Gasteiger partial charge in [0.05, 0.1) is 11.3 Å². The molecule has 92 valence electrons. The second-order valence-electron chi connectivity index (χ2n) is 3.56. The van der Waals surface area contributed by atoms with Gasteiger partial charge in [-0.3, -0.25) is 14.3 Å². The maximum atomic E-state index is 13.2. The van der Waals surface area contributed by atoms with E-state index >= 15 is 0 Å². The van der Waals surface area contributed by atoms with Crippen LogP contribution in [0.15, 0.2) is 34.0 Å². The van der Waals surface area contributed by atoms with Gasteiger partial charge in [0.1, 0.15) is 23.5 Å². The van der Waals surface area contributed by atoms with Crippen LogP contribution in [0.3, 0.4) is 0 Å². The van der Waals surface area contributed by atoms with E-state index in [-0.39, 0.29) is 16.8 Å². The smallest absolute Gasteiger partial charge is 0.273 e. The highest BCUT2D eigenvalue weighted by molar-refractivity contribution is 5.43. The fourth-order valence-electron chi connectivity index (χ4n) is 1.49. The van der Waals surface area contributed by atoms with Gasteiger partial charge in [-0.2, -0.15) is 10.5 Å². The summed E-state index contributed by atoms with van der Waals surface area (Å²) in [5.74, 6) is -0.718. The molecule has 2 aromatic rings. The number of nitrogens with zero attached hydrogens (tertiary/aromatic N) is 3. The van der Waals surface area contributed by atoms with Gasteiger partial charge in [0.2, 0.25) is 0 Å². The summed E-state index contributed by atoms with van der Waals surface area (Å²) in [7, 11) is 0. The minimum Gasteiger partial charge on any atom is -0.273 e. The molecule has 1 aromatic carbocycles. The number of nitrogens with one attached hydrogen (secondary N) is 1. The number of hydrogen-bond acceptors (Lipinski definition) is 4. The molecule has 0 atom stereocenters. The number of aromatic nitrogens is 2. The highest BCUT2D eigenvalue weighted by Gasteiger charge is 2.08. The Morgan fingerprint density at radius 1 is 1.16 bits per heavy atom. The van der Waals surface area contributed by atoms with Crippen LogP contribution in [0, 0.1) is 28.5 Å². The summed E-state index contributed by atoms with van der Waals surface area (Å²) in [5.41, 5.74) is -1.90. The Morgan fingerprint density at radius 2 is 1.84 bits per heavy atom. The summed E-state index contributed by atoms with van der Waals surface area (Å²) in [6.45, 7) is 0. The fraction of sp³-hybridized carbons (Fsp3) is 0. The van der Waals surface area contributed by atoms with Gasteiger partial charge in [0.25, 0.3) is 5.56 Å². The molecule has 0 saturated carbocycles. The molecule has 0 radical (unpaired) electrons. The summed E-state index contributed by atoms with van der Waals surface area (Å²) in [5, 5.41) is 17.4. The highest BCUT2D eigenvalue weighted by atomic mass is 19.1. The van der Waals surface area contributed by atoms with Crippen molar-refractivity contribution in [2.45, 2.75) is 0 Å². The van der Waals surface area contributed by atoms with E-state index in [1.165, 1.54) is 6.07 Å². The van der Waals surface area contributed by atoms with E-state index in [1.54, 1.807) is 12.1 Å². The normalized spacial score (nSPS) is 9.63. The summed E-state index contributed by atoms with van der Waals surface area (Å²) < 4.78 is 14.1. The first-order valence-electron chi connectivity index (χ1n) is 5.03. The molecule has 19 heavy (non-hydrogen) atoms. The maximum Gasteiger partial charge on any atom is 0.332 e. The van der Waals surface area contributed by atoms with Crippen LogP contribution >= 0.6 is 0 Å². The van der Waals surface area contributed by atoms with Crippen LogP contribution in [0.25, 0.3) is 5.69 Å². The summed E-state index contributed by atoms with van der Waals surface area (Å²) >= 11 is 0. The van der Waals surface area contributed by atoms with Crippen molar-refractivity contribution >= 4 is 0 Å². The van der Waals surface area contributed by atoms with Gasteiger partial charge < -0.3 is 0 Å². The van der Waals surface area contributed by atoms with Crippen LogP contribution in [-0.2, 0) is 0 Å². The lowest BCUT2D eigenvalue weighted by Crippen LogP contribution is -2.30. The minimum absolute atomic E-state index is 0.177. The van der Waals surface area contributed by atoms with Crippen molar-refractivity contribution < 1.29 is 4.39 Å². The van der Waals surface area contributed by atoms with E-state index < -0.39 is 17.1 Å². The molecule has 0 spiro atoms. The van der Waals surface area contributed by atoms with Gasteiger partial charge in [-0.05, 0) is 18.2 Å². The Labute approximate surface area is 105 Å². The van der Waals surface area contributed by atoms with Crippen molar-refractivity contribution in [1.82, 2.24) is 9.55 Å². The second-order valence-corrected chi connectivity index (χ2v) is 3.56. The maximum absolute atomic E-state index is 13.2. The van der Waals surface area contributed by atoms with Gasteiger partial charge in [0.15, 0.2) is 0 Å². The van der Waals surface area contributed by atoms with E-state index in [2.05, 4.69) is 0 Å². The molecule has 0 saturated heterocycles. The third-order valence-electron chi connectivity index (χ3n) is 2.41.